The quantitative estimate of drug-likeness (QED) is 0.879. The number of amides is 1. The average Bonchev–Trinajstić information content (AvgIpc) is 2.76. The van der Waals surface area contributed by atoms with Crippen LogP contribution in [0.5, 0.6) is 0 Å². The Bertz CT molecular complexity index is 740. The molecule has 1 atom stereocenters. The Morgan fingerprint density at radius 3 is 2.61 bits per heavy atom. The summed E-state index contributed by atoms with van der Waals surface area (Å²) in [5, 5.41) is 11.0. The number of nitrogens with one attached hydrogen (secondary N) is 1. The maximum Gasteiger partial charge on any atom is 0.449 e. The molecular weight excluding hydrogens is 315 g/mol. The first-order valence-corrected chi connectivity index (χ1v) is 6.72. The van der Waals surface area contributed by atoms with E-state index in [0.29, 0.717) is 0 Å². The van der Waals surface area contributed by atoms with Crippen LogP contribution in [0.2, 0.25) is 0 Å². The van der Waals surface area contributed by atoms with Crippen molar-refractivity contribution >= 4 is 22.9 Å². The van der Waals surface area contributed by atoms with Crippen LogP contribution >= 0.6 is 0 Å². The Morgan fingerprint density at radius 2 is 2.00 bits per heavy atom. The van der Waals surface area contributed by atoms with Gasteiger partial charge in [0.05, 0.1) is 17.5 Å². The number of benzene rings is 1. The van der Waals surface area contributed by atoms with E-state index in [1.54, 1.807) is 12.1 Å². The van der Waals surface area contributed by atoms with Gasteiger partial charge in [-0.2, -0.15) is 13.2 Å². The van der Waals surface area contributed by atoms with E-state index in [1.165, 1.54) is 19.1 Å². The van der Waals surface area contributed by atoms with Gasteiger partial charge in [-0.1, -0.05) is 12.1 Å². The van der Waals surface area contributed by atoms with Gasteiger partial charge in [0.1, 0.15) is 6.54 Å². The van der Waals surface area contributed by atoms with Crippen molar-refractivity contribution in [3.8, 4) is 0 Å². The Labute approximate surface area is 128 Å². The monoisotopic (exact) mass is 329 g/mol. The molecule has 0 spiro atoms. The van der Waals surface area contributed by atoms with Gasteiger partial charge in [-0.15, -0.1) is 0 Å². The number of rotatable bonds is 5. The minimum absolute atomic E-state index is 0.131. The highest BCUT2D eigenvalue weighted by atomic mass is 19.4. The molecule has 0 aliphatic rings. The number of carboxylic acids is 1. The summed E-state index contributed by atoms with van der Waals surface area (Å²) in [4.78, 5) is 26.0. The van der Waals surface area contributed by atoms with E-state index in [2.05, 4.69) is 10.3 Å². The Hall–Kier alpha value is -2.58. The fourth-order valence-electron chi connectivity index (χ4n) is 2.23. The van der Waals surface area contributed by atoms with Crippen LogP contribution in [0, 0.1) is 0 Å². The summed E-state index contributed by atoms with van der Waals surface area (Å²) in [6, 6.07) is 5.27. The van der Waals surface area contributed by atoms with Gasteiger partial charge in [0, 0.05) is 6.04 Å². The van der Waals surface area contributed by atoms with Gasteiger partial charge >= 0.3 is 12.1 Å². The zero-order chi connectivity index (χ0) is 17.2. The second-order valence-electron chi connectivity index (χ2n) is 5.07. The zero-order valence-corrected chi connectivity index (χ0v) is 12.1. The summed E-state index contributed by atoms with van der Waals surface area (Å²) in [5.74, 6) is -2.99. The summed E-state index contributed by atoms with van der Waals surface area (Å²) >= 11 is 0. The number of imidazole rings is 1. The van der Waals surface area contributed by atoms with Crippen LogP contribution in [-0.4, -0.2) is 32.6 Å². The highest BCUT2D eigenvalue weighted by Crippen LogP contribution is 2.31. The van der Waals surface area contributed by atoms with E-state index >= 15 is 0 Å². The lowest BCUT2D eigenvalue weighted by Crippen LogP contribution is -2.37. The van der Waals surface area contributed by atoms with Crippen molar-refractivity contribution in [1.29, 1.82) is 0 Å². The Kier molecular flexibility index (Phi) is 4.57. The molecule has 0 saturated heterocycles. The number of halogens is 3. The first kappa shape index (κ1) is 16.8. The lowest BCUT2D eigenvalue weighted by molar-refractivity contribution is -0.147. The average molecular weight is 329 g/mol. The smallest absolute Gasteiger partial charge is 0.449 e. The number of para-hydroxylation sites is 2. The zero-order valence-electron chi connectivity index (χ0n) is 12.1. The van der Waals surface area contributed by atoms with Crippen LogP contribution < -0.4 is 5.32 Å². The van der Waals surface area contributed by atoms with E-state index in [4.69, 9.17) is 5.11 Å². The summed E-state index contributed by atoms with van der Waals surface area (Å²) in [6.07, 6.45) is -5.02. The number of aromatic nitrogens is 2. The molecule has 23 heavy (non-hydrogen) atoms. The molecule has 1 aromatic heterocycles. The number of fused-ring (bicyclic) bond motifs is 1. The van der Waals surface area contributed by atoms with Crippen molar-refractivity contribution in [3.63, 3.8) is 0 Å². The number of hydrogen-bond acceptors (Lipinski definition) is 3. The molecule has 2 rings (SSSR count). The minimum Gasteiger partial charge on any atom is -0.481 e. The molecule has 0 aliphatic carbocycles. The fraction of sp³-hybridized carbons (Fsp3) is 0.357. The minimum atomic E-state index is -4.70. The van der Waals surface area contributed by atoms with Crippen LogP contribution in [0.15, 0.2) is 24.3 Å². The fourth-order valence-corrected chi connectivity index (χ4v) is 2.23. The van der Waals surface area contributed by atoms with Crippen LogP contribution in [-0.2, 0) is 22.3 Å². The Morgan fingerprint density at radius 1 is 1.35 bits per heavy atom. The maximum absolute atomic E-state index is 13.1. The summed E-state index contributed by atoms with van der Waals surface area (Å²) in [5.41, 5.74) is 0.312. The van der Waals surface area contributed by atoms with Crippen molar-refractivity contribution < 1.29 is 27.9 Å². The van der Waals surface area contributed by atoms with Crippen LogP contribution in [0.4, 0.5) is 13.2 Å². The molecule has 0 fully saturated rings. The summed E-state index contributed by atoms with van der Waals surface area (Å²) in [6.45, 7) is 0.863. The lowest BCUT2D eigenvalue weighted by Gasteiger charge is -2.14. The number of carbonyl (C=O) groups is 2. The third-order valence-corrected chi connectivity index (χ3v) is 3.10. The highest BCUT2D eigenvalue weighted by Gasteiger charge is 2.38. The molecule has 1 heterocycles. The second kappa shape index (κ2) is 6.27. The molecular formula is C14H14F3N3O3. The predicted octanol–water partition coefficient (Wildman–Crippen LogP) is 2.03. The van der Waals surface area contributed by atoms with Gasteiger partial charge in [0.25, 0.3) is 0 Å². The van der Waals surface area contributed by atoms with Gasteiger partial charge in [0.15, 0.2) is 0 Å². The number of carbonyl (C=O) groups excluding carboxylic acids is 1. The molecule has 0 saturated carbocycles. The SMILES string of the molecule is CC(CC(=O)O)NC(=O)Cn1c(C(F)(F)F)nc2ccccc21. The van der Waals surface area contributed by atoms with E-state index in [-0.39, 0.29) is 17.5 Å². The highest BCUT2D eigenvalue weighted by molar-refractivity contribution is 5.81. The van der Waals surface area contributed by atoms with E-state index in [0.717, 1.165) is 4.57 Å². The van der Waals surface area contributed by atoms with Crippen LogP contribution in [0.25, 0.3) is 11.0 Å². The number of hydrogen-bond donors (Lipinski definition) is 2. The molecule has 124 valence electrons. The molecule has 0 aliphatic heterocycles. The van der Waals surface area contributed by atoms with Gasteiger partial charge in [-0.25, -0.2) is 4.98 Å². The van der Waals surface area contributed by atoms with Gasteiger partial charge in [-0.3, -0.25) is 9.59 Å². The number of aliphatic carboxylic acids is 1. The van der Waals surface area contributed by atoms with Crippen molar-refractivity contribution in [2.75, 3.05) is 0 Å². The maximum atomic E-state index is 13.1. The van der Waals surface area contributed by atoms with Gasteiger partial charge < -0.3 is 15.0 Å². The van der Waals surface area contributed by atoms with Crippen molar-refractivity contribution in [2.45, 2.75) is 32.1 Å². The molecule has 2 N–H and O–H groups in total. The molecule has 1 unspecified atom stereocenters. The lowest BCUT2D eigenvalue weighted by atomic mass is 10.2. The third kappa shape index (κ3) is 3.99. The van der Waals surface area contributed by atoms with E-state index < -0.39 is 36.5 Å². The molecule has 1 aromatic carbocycles. The Balaban J connectivity index is 2.28. The van der Waals surface area contributed by atoms with Crippen LogP contribution in [0.3, 0.4) is 0 Å². The van der Waals surface area contributed by atoms with Gasteiger partial charge in [-0.05, 0) is 19.1 Å². The number of alkyl halides is 3. The van der Waals surface area contributed by atoms with Crippen molar-refractivity contribution in [2.24, 2.45) is 0 Å². The predicted molar refractivity (Wildman–Crippen MR) is 74.6 cm³/mol. The third-order valence-electron chi connectivity index (χ3n) is 3.10. The van der Waals surface area contributed by atoms with E-state index in [1.807, 2.05) is 0 Å². The largest absolute Gasteiger partial charge is 0.481 e. The van der Waals surface area contributed by atoms with Crippen LogP contribution in [0.1, 0.15) is 19.2 Å². The van der Waals surface area contributed by atoms with Gasteiger partial charge in [0.2, 0.25) is 11.7 Å². The topological polar surface area (TPSA) is 84.2 Å². The molecule has 2 aromatic rings. The molecule has 6 nitrogen and oxygen atoms in total. The number of carboxylic acid groups (broad SMARTS) is 1. The summed E-state index contributed by atoms with van der Waals surface area (Å²) in [7, 11) is 0. The first-order valence-electron chi connectivity index (χ1n) is 6.72. The summed E-state index contributed by atoms with van der Waals surface area (Å²) < 4.78 is 40.0. The standard InChI is InChI=1S/C14H14F3N3O3/c1-8(6-12(22)23)18-11(21)7-20-10-5-3-2-4-9(10)19-13(20)14(15,16)17/h2-5,8H,6-7H2,1H3,(H,18,21)(H,22,23). The van der Waals surface area contributed by atoms with Crippen molar-refractivity contribution in [3.05, 3.63) is 30.1 Å². The second-order valence-corrected chi connectivity index (χ2v) is 5.07. The molecule has 1 amide bonds. The normalized spacial score (nSPS) is 13.0. The molecule has 0 bridgehead atoms. The molecule has 0 radical (unpaired) electrons. The van der Waals surface area contributed by atoms with Crippen molar-refractivity contribution in [1.82, 2.24) is 14.9 Å². The number of nitrogens with zero attached hydrogens (tertiary/aromatic N) is 2. The van der Waals surface area contributed by atoms with E-state index in [9.17, 15) is 22.8 Å². The molecule has 9 heteroatoms. The first-order chi connectivity index (χ1) is 10.7.